The molecule has 4 rings (SSSR count). The zero-order chi connectivity index (χ0) is 23.5. The fourth-order valence-electron chi connectivity index (χ4n) is 3.64. The van der Waals surface area contributed by atoms with Gasteiger partial charge >= 0.3 is 5.97 Å². The van der Waals surface area contributed by atoms with Gasteiger partial charge in [0, 0.05) is 10.9 Å². The summed E-state index contributed by atoms with van der Waals surface area (Å²) < 4.78 is 16.3. The topological polar surface area (TPSA) is 83.7 Å². The Hall–Kier alpha value is -3.58. The summed E-state index contributed by atoms with van der Waals surface area (Å²) in [5.41, 5.74) is 11.6. The zero-order valence-corrected chi connectivity index (χ0v) is 19.9. The first-order valence-corrected chi connectivity index (χ1v) is 11.5. The van der Waals surface area contributed by atoms with Gasteiger partial charge in [-0.3, -0.25) is 0 Å². The molecular weight excluding hydrogens is 436 g/mol. The molecule has 2 heterocycles. The first-order chi connectivity index (χ1) is 16.0. The second-order valence-electron chi connectivity index (χ2n) is 7.65. The standard InChI is InChI=1S/C26H26N2O4S/c1-5-12-32-26(29)24-23(27)22-18(17-10-11-20(30-3)21(13-17)31-4)14-19(28-25(22)33-24)16-8-6-15(2)7-9-16/h6-11,13-14H,5,12,27H2,1-4H3. The van der Waals surface area contributed by atoms with Gasteiger partial charge in [0.25, 0.3) is 0 Å². The van der Waals surface area contributed by atoms with Crippen LogP contribution in [0.3, 0.4) is 0 Å². The number of nitrogen functional groups attached to an aromatic ring is 1. The van der Waals surface area contributed by atoms with Crippen molar-refractivity contribution < 1.29 is 19.0 Å². The maximum Gasteiger partial charge on any atom is 0.350 e. The van der Waals surface area contributed by atoms with E-state index in [1.807, 2.05) is 62.4 Å². The van der Waals surface area contributed by atoms with Crippen molar-refractivity contribution in [2.45, 2.75) is 20.3 Å². The minimum atomic E-state index is -0.424. The maximum absolute atomic E-state index is 12.7. The van der Waals surface area contributed by atoms with Crippen molar-refractivity contribution >= 4 is 33.2 Å². The first-order valence-electron chi connectivity index (χ1n) is 10.7. The highest BCUT2D eigenvalue weighted by atomic mass is 32.1. The van der Waals surface area contributed by atoms with E-state index in [1.165, 1.54) is 16.9 Å². The van der Waals surface area contributed by atoms with Crippen LogP contribution in [-0.2, 0) is 4.74 Å². The normalized spacial score (nSPS) is 10.9. The predicted molar refractivity (Wildman–Crippen MR) is 133 cm³/mol. The van der Waals surface area contributed by atoms with E-state index in [0.29, 0.717) is 33.5 Å². The number of anilines is 1. The predicted octanol–water partition coefficient (Wildman–Crippen LogP) is 6.10. The molecule has 7 heteroatoms. The molecule has 4 aromatic rings. The summed E-state index contributed by atoms with van der Waals surface area (Å²) in [6.45, 7) is 4.34. The molecule has 170 valence electrons. The number of hydrogen-bond donors (Lipinski definition) is 1. The summed E-state index contributed by atoms with van der Waals surface area (Å²) in [6.07, 6.45) is 0.739. The van der Waals surface area contributed by atoms with Crippen molar-refractivity contribution in [3.8, 4) is 33.9 Å². The number of methoxy groups -OCH3 is 2. The summed E-state index contributed by atoms with van der Waals surface area (Å²) in [6, 6.07) is 15.9. The third-order valence-electron chi connectivity index (χ3n) is 5.36. The molecule has 0 atom stereocenters. The Kier molecular flexibility index (Phi) is 6.51. The summed E-state index contributed by atoms with van der Waals surface area (Å²) in [7, 11) is 3.20. The van der Waals surface area contributed by atoms with Crippen LogP contribution in [0.15, 0.2) is 48.5 Å². The van der Waals surface area contributed by atoms with Crippen LogP contribution in [0.4, 0.5) is 5.69 Å². The number of esters is 1. The average Bonchev–Trinajstić information content (AvgIpc) is 3.18. The van der Waals surface area contributed by atoms with E-state index < -0.39 is 5.97 Å². The van der Waals surface area contributed by atoms with Gasteiger partial charge in [0.2, 0.25) is 0 Å². The maximum atomic E-state index is 12.7. The number of ether oxygens (including phenoxy) is 3. The number of carbonyl (C=O) groups excluding carboxylic acids is 1. The highest BCUT2D eigenvalue weighted by Gasteiger charge is 2.23. The molecule has 2 aromatic heterocycles. The summed E-state index contributed by atoms with van der Waals surface area (Å²) in [4.78, 5) is 18.6. The van der Waals surface area contributed by atoms with Crippen LogP contribution < -0.4 is 15.2 Å². The minimum Gasteiger partial charge on any atom is -0.493 e. The van der Waals surface area contributed by atoms with Gasteiger partial charge in [0.05, 0.1) is 32.2 Å². The van der Waals surface area contributed by atoms with E-state index in [2.05, 4.69) is 0 Å². The molecule has 0 amide bonds. The van der Waals surface area contributed by atoms with E-state index in [1.54, 1.807) is 14.2 Å². The number of rotatable bonds is 7. The molecule has 33 heavy (non-hydrogen) atoms. The molecular formula is C26H26N2O4S. The summed E-state index contributed by atoms with van der Waals surface area (Å²) >= 11 is 1.25. The van der Waals surface area contributed by atoms with Crippen LogP contribution >= 0.6 is 11.3 Å². The van der Waals surface area contributed by atoms with Gasteiger partial charge in [-0.25, -0.2) is 9.78 Å². The van der Waals surface area contributed by atoms with Gasteiger partial charge in [-0.2, -0.15) is 0 Å². The summed E-state index contributed by atoms with van der Waals surface area (Å²) in [5.74, 6) is 0.813. The molecule has 0 unspecified atom stereocenters. The van der Waals surface area contributed by atoms with E-state index >= 15 is 0 Å². The largest absolute Gasteiger partial charge is 0.493 e. The van der Waals surface area contributed by atoms with E-state index in [9.17, 15) is 4.79 Å². The van der Waals surface area contributed by atoms with Crippen molar-refractivity contribution in [2.24, 2.45) is 0 Å². The molecule has 0 radical (unpaired) electrons. The number of benzene rings is 2. The lowest BCUT2D eigenvalue weighted by molar-refractivity contribution is 0.0512. The number of nitrogens with two attached hydrogens (primary N) is 1. The van der Waals surface area contributed by atoms with Crippen molar-refractivity contribution in [3.05, 3.63) is 59.0 Å². The molecule has 0 fully saturated rings. The van der Waals surface area contributed by atoms with Crippen LogP contribution in [0.25, 0.3) is 32.6 Å². The Balaban J connectivity index is 1.96. The first kappa shape index (κ1) is 22.6. The quantitative estimate of drug-likeness (QED) is 0.334. The molecule has 0 aliphatic carbocycles. The van der Waals surface area contributed by atoms with Gasteiger partial charge in [-0.05, 0) is 42.7 Å². The smallest absolute Gasteiger partial charge is 0.350 e. The van der Waals surface area contributed by atoms with Gasteiger partial charge in [-0.1, -0.05) is 42.8 Å². The average molecular weight is 463 g/mol. The molecule has 0 bridgehead atoms. The lowest BCUT2D eigenvalue weighted by Gasteiger charge is -2.12. The van der Waals surface area contributed by atoms with Crippen molar-refractivity contribution in [2.75, 3.05) is 26.6 Å². The number of fused-ring (bicyclic) bond motifs is 1. The van der Waals surface area contributed by atoms with Gasteiger partial charge in [0.15, 0.2) is 11.5 Å². The number of aromatic nitrogens is 1. The molecule has 6 nitrogen and oxygen atoms in total. The second kappa shape index (κ2) is 9.50. The number of pyridine rings is 1. The van der Waals surface area contributed by atoms with Crippen LogP contribution in [0.5, 0.6) is 11.5 Å². The number of aryl methyl sites for hydroxylation is 1. The Labute approximate surface area is 196 Å². The number of thiophene rings is 1. The van der Waals surface area contributed by atoms with Gasteiger partial charge in [0.1, 0.15) is 9.71 Å². The molecule has 0 aliphatic heterocycles. The molecule has 0 saturated heterocycles. The van der Waals surface area contributed by atoms with Crippen molar-refractivity contribution in [3.63, 3.8) is 0 Å². The molecule has 2 N–H and O–H groups in total. The Morgan fingerprint density at radius 1 is 1.00 bits per heavy atom. The summed E-state index contributed by atoms with van der Waals surface area (Å²) in [5, 5.41) is 0.728. The fourth-order valence-corrected chi connectivity index (χ4v) is 4.65. The number of hydrogen-bond acceptors (Lipinski definition) is 7. The number of nitrogens with zero attached hydrogens (tertiary/aromatic N) is 1. The van der Waals surface area contributed by atoms with Crippen molar-refractivity contribution in [1.82, 2.24) is 4.98 Å². The fraction of sp³-hybridized carbons (Fsp3) is 0.231. The van der Waals surface area contributed by atoms with E-state index in [-0.39, 0.29) is 0 Å². The SMILES string of the molecule is CCCOC(=O)c1sc2nc(-c3ccc(C)cc3)cc(-c3ccc(OC)c(OC)c3)c2c1N. The van der Waals surface area contributed by atoms with E-state index in [4.69, 9.17) is 24.9 Å². The van der Waals surface area contributed by atoms with Gasteiger partial charge < -0.3 is 19.9 Å². The van der Waals surface area contributed by atoms with Crippen molar-refractivity contribution in [1.29, 1.82) is 0 Å². The third-order valence-corrected chi connectivity index (χ3v) is 6.44. The monoisotopic (exact) mass is 462 g/mol. The van der Waals surface area contributed by atoms with Crippen LogP contribution in [0.1, 0.15) is 28.6 Å². The Bertz CT molecular complexity index is 1310. The molecule has 0 spiro atoms. The van der Waals surface area contributed by atoms with Crippen LogP contribution in [-0.4, -0.2) is 31.8 Å². The van der Waals surface area contributed by atoms with Crippen LogP contribution in [0, 0.1) is 6.92 Å². The highest BCUT2D eigenvalue weighted by Crippen LogP contribution is 2.43. The third kappa shape index (κ3) is 4.36. The lowest BCUT2D eigenvalue weighted by atomic mass is 9.99. The Morgan fingerprint density at radius 2 is 1.70 bits per heavy atom. The van der Waals surface area contributed by atoms with Crippen LogP contribution in [0.2, 0.25) is 0 Å². The van der Waals surface area contributed by atoms with E-state index in [0.717, 1.165) is 34.2 Å². The lowest BCUT2D eigenvalue weighted by Crippen LogP contribution is -2.06. The zero-order valence-electron chi connectivity index (χ0n) is 19.1. The molecule has 2 aromatic carbocycles. The second-order valence-corrected chi connectivity index (χ2v) is 8.65. The Morgan fingerprint density at radius 3 is 2.36 bits per heavy atom. The molecule has 0 aliphatic rings. The minimum absolute atomic E-state index is 0.344. The number of carbonyl (C=O) groups is 1. The van der Waals surface area contributed by atoms with Gasteiger partial charge in [-0.15, -0.1) is 11.3 Å². The highest BCUT2D eigenvalue weighted by molar-refractivity contribution is 7.21. The molecule has 0 saturated carbocycles.